The zero-order valence-corrected chi connectivity index (χ0v) is 23.0. The first kappa shape index (κ1) is 27.0. The quantitative estimate of drug-likeness (QED) is 0.340. The largest absolute Gasteiger partial charge is 0.461 e. The average Bonchev–Trinajstić information content (AvgIpc) is 3.57. The summed E-state index contributed by atoms with van der Waals surface area (Å²) in [6.45, 7) is 10.0. The molecule has 1 aliphatic rings. The Labute approximate surface area is 223 Å². The van der Waals surface area contributed by atoms with Crippen LogP contribution in [0.1, 0.15) is 52.0 Å². The maximum absolute atomic E-state index is 13.2. The molecule has 0 spiro atoms. The van der Waals surface area contributed by atoms with Crippen molar-refractivity contribution in [1.82, 2.24) is 24.6 Å². The van der Waals surface area contributed by atoms with Gasteiger partial charge in [0, 0.05) is 31.6 Å². The van der Waals surface area contributed by atoms with E-state index in [1.807, 2.05) is 58.5 Å². The minimum atomic E-state index is 0.00683. The number of aromatic nitrogens is 3. The van der Waals surface area contributed by atoms with Crippen LogP contribution in [0.3, 0.4) is 0 Å². The van der Waals surface area contributed by atoms with E-state index in [4.69, 9.17) is 4.42 Å². The number of piperazine rings is 1. The standard InChI is InChI=1S/C28H37N5O3S/c1-5-7-11-22(6-2)27(35)32-15-14-31(18-21(32)4)25(34)19-37-28-30-29-26(24-13-9-16-36-24)33(28)23-12-8-10-20(3)17-23/h8-10,12-13,16-17,21-22H,5-7,11,14-15,18-19H2,1-4H3. The SMILES string of the molecule is CCCCC(CC)C(=O)N1CCN(C(=O)CSc2nnc(-c3ccco3)n2-c2cccc(C)c2)CC1C. The number of hydrogen-bond donors (Lipinski definition) is 0. The monoisotopic (exact) mass is 523 g/mol. The highest BCUT2D eigenvalue weighted by atomic mass is 32.2. The van der Waals surface area contributed by atoms with Crippen molar-refractivity contribution >= 4 is 23.6 Å². The first-order valence-electron chi connectivity index (χ1n) is 13.2. The van der Waals surface area contributed by atoms with Gasteiger partial charge in [0.05, 0.1) is 17.7 Å². The highest BCUT2D eigenvalue weighted by Gasteiger charge is 2.32. The third kappa shape index (κ3) is 6.26. The summed E-state index contributed by atoms with van der Waals surface area (Å²) in [4.78, 5) is 30.2. The molecule has 37 heavy (non-hydrogen) atoms. The topological polar surface area (TPSA) is 84.5 Å². The van der Waals surface area contributed by atoms with Crippen molar-refractivity contribution in [2.45, 2.75) is 64.6 Å². The van der Waals surface area contributed by atoms with Gasteiger partial charge in [-0.25, -0.2) is 0 Å². The van der Waals surface area contributed by atoms with Gasteiger partial charge in [-0.3, -0.25) is 14.2 Å². The molecule has 2 unspecified atom stereocenters. The van der Waals surface area contributed by atoms with Crippen LogP contribution in [-0.2, 0) is 9.59 Å². The number of benzene rings is 1. The summed E-state index contributed by atoms with van der Waals surface area (Å²) in [6, 6.07) is 11.8. The van der Waals surface area contributed by atoms with Crippen LogP contribution in [0.5, 0.6) is 0 Å². The lowest BCUT2D eigenvalue weighted by Crippen LogP contribution is -2.56. The summed E-state index contributed by atoms with van der Waals surface area (Å²) in [5, 5.41) is 9.40. The maximum atomic E-state index is 13.2. The minimum Gasteiger partial charge on any atom is -0.461 e. The Hall–Kier alpha value is -3.07. The lowest BCUT2D eigenvalue weighted by molar-refractivity contribution is -0.144. The molecule has 2 aromatic heterocycles. The molecule has 1 aliphatic heterocycles. The first-order valence-corrected chi connectivity index (χ1v) is 14.2. The van der Waals surface area contributed by atoms with Crippen molar-refractivity contribution in [1.29, 1.82) is 0 Å². The molecule has 3 heterocycles. The summed E-state index contributed by atoms with van der Waals surface area (Å²) in [5.41, 5.74) is 2.03. The van der Waals surface area contributed by atoms with Crippen LogP contribution in [0.2, 0.25) is 0 Å². The number of amides is 2. The van der Waals surface area contributed by atoms with Crippen LogP contribution >= 0.6 is 11.8 Å². The summed E-state index contributed by atoms with van der Waals surface area (Å²) in [6.07, 6.45) is 5.58. The fourth-order valence-corrected chi connectivity index (χ4v) is 5.70. The van der Waals surface area contributed by atoms with Gasteiger partial charge in [0.1, 0.15) is 0 Å². The molecule has 1 aromatic carbocycles. The van der Waals surface area contributed by atoms with E-state index >= 15 is 0 Å². The Morgan fingerprint density at radius 2 is 2.00 bits per heavy atom. The number of carbonyl (C=O) groups excluding carboxylic acids is 2. The summed E-state index contributed by atoms with van der Waals surface area (Å²) < 4.78 is 7.53. The Balaban J connectivity index is 1.42. The molecule has 8 nitrogen and oxygen atoms in total. The number of rotatable bonds is 10. The molecule has 1 fully saturated rings. The van der Waals surface area contributed by atoms with E-state index in [2.05, 4.69) is 30.1 Å². The second-order valence-corrected chi connectivity index (χ2v) is 10.7. The maximum Gasteiger partial charge on any atom is 0.233 e. The number of unbranched alkanes of at least 4 members (excludes halogenated alkanes) is 1. The molecule has 1 saturated heterocycles. The van der Waals surface area contributed by atoms with E-state index in [-0.39, 0.29) is 29.5 Å². The van der Waals surface area contributed by atoms with Gasteiger partial charge in [0.25, 0.3) is 0 Å². The number of thioether (sulfide) groups is 1. The molecule has 3 aromatic rings. The number of aryl methyl sites for hydroxylation is 1. The predicted molar refractivity (Wildman–Crippen MR) is 146 cm³/mol. The van der Waals surface area contributed by atoms with Gasteiger partial charge in [-0.1, -0.05) is 50.6 Å². The molecule has 0 N–H and O–H groups in total. The zero-order valence-electron chi connectivity index (χ0n) is 22.2. The van der Waals surface area contributed by atoms with E-state index in [0.29, 0.717) is 36.4 Å². The van der Waals surface area contributed by atoms with Crippen LogP contribution in [0, 0.1) is 12.8 Å². The first-order chi connectivity index (χ1) is 17.9. The fourth-order valence-electron chi connectivity index (χ4n) is 4.85. The molecule has 0 saturated carbocycles. The van der Waals surface area contributed by atoms with Crippen molar-refractivity contribution in [3.63, 3.8) is 0 Å². The van der Waals surface area contributed by atoms with Crippen LogP contribution in [0.15, 0.2) is 52.2 Å². The van der Waals surface area contributed by atoms with Crippen molar-refractivity contribution in [2.24, 2.45) is 5.92 Å². The number of furan rings is 1. The van der Waals surface area contributed by atoms with Crippen LogP contribution in [0.4, 0.5) is 0 Å². The lowest BCUT2D eigenvalue weighted by Gasteiger charge is -2.41. The smallest absolute Gasteiger partial charge is 0.233 e. The molecule has 0 radical (unpaired) electrons. The number of carbonyl (C=O) groups is 2. The molecule has 4 rings (SSSR count). The van der Waals surface area contributed by atoms with Gasteiger partial charge in [-0.15, -0.1) is 10.2 Å². The van der Waals surface area contributed by atoms with Crippen LogP contribution in [0.25, 0.3) is 17.3 Å². The summed E-state index contributed by atoms with van der Waals surface area (Å²) in [7, 11) is 0. The van der Waals surface area contributed by atoms with E-state index in [1.165, 1.54) is 11.8 Å². The highest BCUT2D eigenvalue weighted by molar-refractivity contribution is 7.99. The van der Waals surface area contributed by atoms with Crippen LogP contribution in [-0.4, -0.2) is 67.8 Å². The van der Waals surface area contributed by atoms with Crippen molar-refractivity contribution in [3.8, 4) is 17.3 Å². The minimum absolute atomic E-state index is 0.00683. The number of nitrogens with zero attached hydrogens (tertiary/aromatic N) is 5. The van der Waals surface area contributed by atoms with Crippen molar-refractivity contribution < 1.29 is 14.0 Å². The molecular weight excluding hydrogens is 486 g/mol. The third-order valence-corrected chi connectivity index (χ3v) is 7.88. The van der Waals surface area contributed by atoms with Gasteiger partial charge < -0.3 is 14.2 Å². The van der Waals surface area contributed by atoms with Gasteiger partial charge >= 0.3 is 0 Å². The second-order valence-electron chi connectivity index (χ2n) is 9.71. The third-order valence-electron chi connectivity index (χ3n) is 6.97. The van der Waals surface area contributed by atoms with Crippen LogP contribution < -0.4 is 0 Å². The Morgan fingerprint density at radius 1 is 1.16 bits per heavy atom. The van der Waals surface area contributed by atoms with Gasteiger partial charge in [0.2, 0.25) is 17.6 Å². The fraction of sp³-hybridized carbons (Fsp3) is 0.500. The van der Waals surface area contributed by atoms with E-state index in [0.717, 1.165) is 36.9 Å². The molecule has 2 atom stereocenters. The molecular formula is C28H37N5O3S. The highest BCUT2D eigenvalue weighted by Crippen LogP contribution is 2.29. The Kier molecular flexibility index (Phi) is 9.08. The van der Waals surface area contributed by atoms with Crippen molar-refractivity contribution in [2.75, 3.05) is 25.4 Å². The normalized spacial score (nSPS) is 16.7. The molecule has 0 aliphatic carbocycles. The molecule has 9 heteroatoms. The predicted octanol–water partition coefficient (Wildman–Crippen LogP) is 5.20. The van der Waals surface area contributed by atoms with Crippen molar-refractivity contribution in [3.05, 3.63) is 48.2 Å². The van der Waals surface area contributed by atoms with E-state index in [9.17, 15) is 9.59 Å². The molecule has 0 bridgehead atoms. The summed E-state index contributed by atoms with van der Waals surface area (Å²) in [5.74, 6) is 1.82. The lowest BCUT2D eigenvalue weighted by atomic mass is 9.96. The van der Waals surface area contributed by atoms with E-state index < -0.39 is 0 Å². The second kappa shape index (κ2) is 12.4. The van der Waals surface area contributed by atoms with Gasteiger partial charge in [0.15, 0.2) is 10.9 Å². The Bertz CT molecular complexity index is 1190. The number of hydrogen-bond acceptors (Lipinski definition) is 6. The summed E-state index contributed by atoms with van der Waals surface area (Å²) >= 11 is 1.37. The molecule has 2 amide bonds. The zero-order chi connectivity index (χ0) is 26.4. The van der Waals surface area contributed by atoms with Gasteiger partial charge in [-0.05, 0) is 56.5 Å². The molecule has 198 valence electrons. The van der Waals surface area contributed by atoms with E-state index in [1.54, 1.807) is 6.26 Å². The Morgan fingerprint density at radius 3 is 2.68 bits per heavy atom. The average molecular weight is 524 g/mol. The van der Waals surface area contributed by atoms with Gasteiger partial charge in [-0.2, -0.15) is 0 Å².